The summed E-state index contributed by atoms with van der Waals surface area (Å²) in [6, 6.07) is 19.8. The lowest BCUT2D eigenvalue weighted by Crippen LogP contribution is -2.67. The molecule has 0 aliphatic rings. The molecule has 0 aliphatic carbocycles. The molecule has 0 unspecified atom stereocenters. The summed E-state index contributed by atoms with van der Waals surface area (Å²) in [7, 11) is -2.72. The minimum Gasteiger partial charge on any atom is -0.466 e. The molecule has 2 atom stereocenters. The molecule has 0 heterocycles. The van der Waals surface area contributed by atoms with Crippen molar-refractivity contribution in [3.05, 3.63) is 60.7 Å². The highest BCUT2D eigenvalue weighted by atomic mass is 28.4. The standard InChI is InChI=1S/C23H33NO4Si/c1-5-27-22(26)16-21(25)20(24)17-28-29(23(2,3)4,18-12-8-6-9-13-18)19-14-10-7-11-15-19/h6-15,20-21,25H,5,16-17,24H2,1-4H3/t20-,21-/m1/s1. The second-order valence-corrected chi connectivity index (χ2v) is 12.5. The van der Waals surface area contributed by atoms with Crippen LogP contribution in [0, 0.1) is 0 Å². The summed E-state index contributed by atoms with van der Waals surface area (Å²) < 4.78 is 11.6. The molecule has 6 heteroatoms. The maximum absolute atomic E-state index is 11.7. The first-order chi connectivity index (χ1) is 13.7. The van der Waals surface area contributed by atoms with Crippen LogP contribution in [0.15, 0.2) is 60.7 Å². The van der Waals surface area contributed by atoms with Gasteiger partial charge >= 0.3 is 5.97 Å². The van der Waals surface area contributed by atoms with E-state index in [1.54, 1.807) is 6.92 Å². The van der Waals surface area contributed by atoms with Crippen molar-refractivity contribution in [3.63, 3.8) is 0 Å². The lowest BCUT2D eigenvalue weighted by Gasteiger charge is -2.43. The molecule has 0 amide bonds. The zero-order valence-electron chi connectivity index (χ0n) is 17.8. The summed E-state index contributed by atoms with van der Waals surface area (Å²) in [6.07, 6.45) is -1.16. The van der Waals surface area contributed by atoms with Crippen molar-refractivity contribution in [3.8, 4) is 0 Å². The van der Waals surface area contributed by atoms with Gasteiger partial charge in [0.2, 0.25) is 0 Å². The molecule has 0 radical (unpaired) electrons. The van der Waals surface area contributed by atoms with Crippen LogP contribution in [0.25, 0.3) is 0 Å². The smallest absolute Gasteiger partial charge is 0.308 e. The summed E-state index contributed by atoms with van der Waals surface area (Å²) in [5.74, 6) is -0.458. The number of nitrogens with two attached hydrogens (primary N) is 1. The van der Waals surface area contributed by atoms with Gasteiger partial charge in [-0.1, -0.05) is 81.4 Å². The van der Waals surface area contributed by atoms with Crippen molar-refractivity contribution in [1.82, 2.24) is 0 Å². The average Bonchev–Trinajstić information content (AvgIpc) is 2.69. The summed E-state index contributed by atoms with van der Waals surface area (Å²) in [5, 5.41) is 12.5. The molecule has 0 aliphatic heterocycles. The first kappa shape index (κ1) is 23.3. The molecule has 3 N–H and O–H groups in total. The van der Waals surface area contributed by atoms with Gasteiger partial charge in [-0.15, -0.1) is 0 Å². The highest BCUT2D eigenvalue weighted by Crippen LogP contribution is 2.36. The molecule has 158 valence electrons. The number of ether oxygens (including phenoxy) is 1. The van der Waals surface area contributed by atoms with Gasteiger partial charge in [0, 0.05) is 0 Å². The minimum absolute atomic E-state index is 0.140. The molecule has 0 aromatic heterocycles. The van der Waals surface area contributed by atoms with Crippen LogP contribution in [0.5, 0.6) is 0 Å². The van der Waals surface area contributed by atoms with E-state index >= 15 is 0 Å². The molecule has 29 heavy (non-hydrogen) atoms. The monoisotopic (exact) mass is 415 g/mol. The molecule has 0 fully saturated rings. The highest BCUT2D eigenvalue weighted by Gasteiger charge is 2.50. The lowest BCUT2D eigenvalue weighted by atomic mass is 10.1. The predicted octanol–water partition coefficient (Wildman–Crippen LogP) is 2.20. The zero-order chi connectivity index (χ0) is 21.5. The molecule has 0 saturated heterocycles. The number of esters is 1. The van der Waals surface area contributed by atoms with Crippen LogP contribution in [0.4, 0.5) is 0 Å². The van der Waals surface area contributed by atoms with Crippen molar-refractivity contribution in [2.75, 3.05) is 13.2 Å². The van der Waals surface area contributed by atoms with Gasteiger partial charge in [-0.2, -0.15) is 0 Å². The Balaban J connectivity index is 2.35. The summed E-state index contributed by atoms with van der Waals surface area (Å²) in [6.45, 7) is 8.70. The van der Waals surface area contributed by atoms with Gasteiger partial charge in [-0.3, -0.25) is 4.79 Å². The van der Waals surface area contributed by atoms with E-state index in [9.17, 15) is 9.90 Å². The molecule has 0 spiro atoms. The molecular formula is C23H33NO4Si. The van der Waals surface area contributed by atoms with E-state index in [4.69, 9.17) is 14.9 Å². The van der Waals surface area contributed by atoms with Crippen molar-refractivity contribution >= 4 is 24.7 Å². The van der Waals surface area contributed by atoms with E-state index in [0.717, 1.165) is 10.4 Å². The Morgan fingerprint density at radius 3 is 1.93 bits per heavy atom. The number of hydrogen-bond acceptors (Lipinski definition) is 5. The number of aliphatic hydroxyl groups excluding tert-OH is 1. The van der Waals surface area contributed by atoms with E-state index in [2.05, 4.69) is 45.0 Å². The molecule has 0 bridgehead atoms. The molecule has 2 aromatic carbocycles. The topological polar surface area (TPSA) is 81.8 Å². The SMILES string of the molecule is CCOC(=O)C[C@@H](O)[C@H](N)CO[Si](c1ccccc1)(c1ccccc1)C(C)(C)C. The third-order valence-electron chi connectivity index (χ3n) is 5.08. The molecule has 0 saturated carbocycles. The van der Waals surface area contributed by atoms with Crippen LogP contribution >= 0.6 is 0 Å². The Morgan fingerprint density at radius 2 is 1.52 bits per heavy atom. The summed E-state index contributed by atoms with van der Waals surface area (Å²) in [4.78, 5) is 11.7. The van der Waals surface area contributed by atoms with Crippen LogP contribution in [-0.4, -0.2) is 44.8 Å². The highest BCUT2D eigenvalue weighted by molar-refractivity contribution is 6.99. The largest absolute Gasteiger partial charge is 0.466 e. The van der Waals surface area contributed by atoms with Crippen LogP contribution in [0.3, 0.4) is 0 Å². The average molecular weight is 416 g/mol. The van der Waals surface area contributed by atoms with Gasteiger partial charge in [0.05, 0.1) is 31.8 Å². The van der Waals surface area contributed by atoms with Crippen molar-refractivity contribution in [2.24, 2.45) is 5.73 Å². The Labute approximate surface area is 175 Å². The normalized spacial score (nSPS) is 14.3. The van der Waals surface area contributed by atoms with Gasteiger partial charge in [-0.25, -0.2) is 0 Å². The molecule has 2 aromatic rings. The van der Waals surface area contributed by atoms with Gasteiger partial charge < -0.3 is 20.0 Å². The molecule has 5 nitrogen and oxygen atoms in total. The Hall–Kier alpha value is -1.99. The fourth-order valence-corrected chi connectivity index (χ4v) is 8.23. The molecular weight excluding hydrogens is 382 g/mol. The van der Waals surface area contributed by atoms with Crippen LogP contribution in [0.1, 0.15) is 34.1 Å². The second-order valence-electron chi connectivity index (χ2n) is 8.21. The fourth-order valence-electron chi connectivity index (χ4n) is 3.64. The minimum atomic E-state index is -2.72. The quantitative estimate of drug-likeness (QED) is 0.485. The predicted molar refractivity (Wildman–Crippen MR) is 119 cm³/mol. The maximum Gasteiger partial charge on any atom is 0.308 e. The number of hydrogen-bond donors (Lipinski definition) is 2. The zero-order valence-corrected chi connectivity index (χ0v) is 18.8. The number of carbonyl (C=O) groups excluding carboxylic acids is 1. The van der Waals surface area contributed by atoms with Crippen LogP contribution in [0.2, 0.25) is 5.04 Å². The third-order valence-corrected chi connectivity index (χ3v) is 10.1. The van der Waals surface area contributed by atoms with Crippen molar-refractivity contribution in [1.29, 1.82) is 0 Å². The van der Waals surface area contributed by atoms with Crippen LogP contribution in [-0.2, 0) is 14.0 Å². The summed E-state index contributed by atoms with van der Waals surface area (Å²) in [5.41, 5.74) is 6.21. The van der Waals surface area contributed by atoms with Gasteiger partial charge in [-0.05, 0) is 22.3 Å². The maximum atomic E-state index is 11.7. The van der Waals surface area contributed by atoms with Gasteiger partial charge in [0.25, 0.3) is 8.32 Å². The second kappa shape index (κ2) is 10.2. The molecule has 2 rings (SSSR count). The van der Waals surface area contributed by atoms with Crippen molar-refractivity contribution < 1.29 is 19.1 Å². The number of benzene rings is 2. The number of aliphatic hydroxyl groups is 1. The fraction of sp³-hybridized carbons (Fsp3) is 0.435. The number of carbonyl (C=O) groups is 1. The van der Waals surface area contributed by atoms with E-state index in [-0.39, 0.29) is 24.7 Å². The third kappa shape index (κ3) is 5.54. The Kier molecular flexibility index (Phi) is 8.16. The van der Waals surface area contributed by atoms with E-state index < -0.39 is 26.4 Å². The van der Waals surface area contributed by atoms with Gasteiger partial charge in [0.1, 0.15) is 0 Å². The van der Waals surface area contributed by atoms with Crippen molar-refractivity contribution in [2.45, 2.75) is 51.3 Å². The van der Waals surface area contributed by atoms with E-state index in [1.165, 1.54) is 0 Å². The first-order valence-corrected chi connectivity index (χ1v) is 12.0. The first-order valence-electron chi connectivity index (χ1n) is 10.1. The summed E-state index contributed by atoms with van der Waals surface area (Å²) >= 11 is 0. The Bertz CT molecular complexity index is 722. The van der Waals surface area contributed by atoms with E-state index in [1.807, 2.05) is 36.4 Å². The lowest BCUT2D eigenvalue weighted by molar-refractivity contribution is -0.145. The van der Waals surface area contributed by atoms with Crippen LogP contribution < -0.4 is 16.1 Å². The Morgan fingerprint density at radius 1 is 1.03 bits per heavy atom. The number of rotatable bonds is 9. The van der Waals surface area contributed by atoms with Gasteiger partial charge in [0.15, 0.2) is 0 Å². The van der Waals surface area contributed by atoms with E-state index in [0.29, 0.717) is 0 Å².